The highest BCUT2D eigenvalue weighted by Crippen LogP contribution is 2.43. The van der Waals surface area contributed by atoms with Crippen LogP contribution in [0.1, 0.15) is 45.4 Å². The zero-order valence-corrected chi connectivity index (χ0v) is 11.6. The number of carbonyl (C=O) groups excluding carboxylic acids is 1. The van der Waals surface area contributed by atoms with Gasteiger partial charge in [-0.2, -0.15) is 0 Å². The molecule has 2 fully saturated rings. The molecule has 0 aromatic carbocycles. The summed E-state index contributed by atoms with van der Waals surface area (Å²) in [6.45, 7) is 5.08. The Hall–Kier alpha value is -0.280. The maximum atomic E-state index is 11.9. The number of halogens is 1. The van der Waals surface area contributed by atoms with Gasteiger partial charge in [0.05, 0.1) is 5.92 Å². The van der Waals surface area contributed by atoms with Gasteiger partial charge in [0.1, 0.15) is 0 Å². The zero-order valence-electron chi connectivity index (χ0n) is 10.8. The Bertz CT molecular complexity index is 242. The van der Waals surface area contributed by atoms with Crippen molar-refractivity contribution in [3.05, 3.63) is 0 Å². The molecule has 1 saturated carbocycles. The fraction of sp³-hybridized carbons (Fsp3) is 0.923. The van der Waals surface area contributed by atoms with Crippen LogP contribution in [0.15, 0.2) is 0 Å². The molecule has 1 saturated heterocycles. The van der Waals surface area contributed by atoms with Gasteiger partial charge >= 0.3 is 0 Å². The van der Waals surface area contributed by atoms with Gasteiger partial charge in [0.25, 0.3) is 0 Å². The van der Waals surface area contributed by atoms with E-state index >= 15 is 0 Å². The minimum atomic E-state index is 0. The molecule has 0 spiro atoms. The summed E-state index contributed by atoms with van der Waals surface area (Å²) in [7, 11) is 0. The molecule has 2 aliphatic rings. The van der Waals surface area contributed by atoms with Crippen molar-refractivity contribution >= 4 is 18.3 Å². The van der Waals surface area contributed by atoms with E-state index < -0.39 is 0 Å². The molecule has 1 heterocycles. The van der Waals surface area contributed by atoms with E-state index in [1.54, 1.807) is 0 Å². The van der Waals surface area contributed by atoms with Crippen LogP contribution in [0.3, 0.4) is 0 Å². The molecule has 2 rings (SSSR count). The van der Waals surface area contributed by atoms with E-state index in [1.807, 2.05) is 0 Å². The van der Waals surface area contributed by atoms with Crippen molar-refractivity contribution in [2.24, 2.45) is 11.3 Å². The molecule has 1 aliphatic carbocycles. The maximum Gasteiger partial charge on any atom is 0.224 e. The van der Waals surface area contributed by atoms with Crippen LogP contribution in [0.25, 0.3) is 0 Å². The molecule has 0 aromatic rings. The molecule has 0 radical (unpaired) electrons. The molecule has 1 unspecified atom stereocenters. The first-order valence-corrected chi connectivity index (χ1v) is 6.74. The molecule has 4 heteroatoms. The van der Waals surface area contributed by atoms with Crippen LogP contribution in [0.5, 0.6) is 0 Å². The number of hydrogen-bond donors (Lipinski definition) is 2. The van der Waals surface area contributed by atoms with Gasteiger partial charge in [-0.1, -0.05) is 13.3 Å². The van der Waals surface area contributed by atoms with Crippen LogP contribution >= 0.6 is 12.4 Å². The standard InChI is InChI=1S/C13H24N2O.ClH/c1-2-13(6-4-7-13)10-15-12(16)11-5-3-8-14-9-11;/h11,14H,2-10H2,1H3,(H,15,16);1H. The second-order valence-electron chi connectivity index (χ2n) is 5.47. The van der Waals surface area contributed by atoms with Gasteiger partial charge in [-0.25, -0.2) is 0 Å². The number of amides is 1. The Labute approximate surface area is 111 Å². The Morgan fingerprint density at radius 1 is 1.41 bits per heavy atom. The Morgan fingerprint density at radius 2 is 2.18 bits per heavy atom. The van der Waals surface area contributed by atoms with Gasteiger partial charge in [0, 0.05) is 13.1 Å². The highest BCUT2D eigenvalue weighted by molar-refractivity contribution is 5.85. The van der Waals surface area contributed by atoms with Gasteiger partial charge < -0.3 is 10.6 Å². The maximum absolute atomic E-state index is 11.9. The first kappa shape index (κ1) is 14.8. The molecule has 17 heavy (non-hydrogen) atoms. The Balaban J connectivity index is 0.00000144. The summed E-state index contributed by atoms with van der Waals surface area (Å²) in [5, 5.41) is 6.46. The lowest BCUT2D eigenvalue weighted by Crippen LogP contribution is -2.46. The van der Waals surface area contributed by atoms with Gasteiger partial charge in [0.2, 0.25) is 5.91 Å². The average Bonchev–Trinajstić information content (AvgIpc) is 2.29. The van der Waals surface area contributed by atoms with Gasteiger partial charge in [-0.05, 0) is 44.1 Å². The summed E-state index contributed by atoms with van der Waals surface area (Å²) in [5.41, 5.74) is 0.442. The quantitative estimate of drug-likeness (QED) is 0.813. The second-order valence-corrected chi connectivity index (χ2v) is 5.47. The van der Waals surface area contributed by atoms with Crippen molar-refractivity contribution in [1.29, 1.82) is 0 Å². The summed E-state index contributed by atoms with van der Waals surface area (Å²) >= 11 is 0. The minimum Gasteiger partial charge on any atom is -0.355 e. The fourth-order valence-corrected chi connectivity index (χ4v) is 2.83. The summed E-state index contributed by atoms with van der Waals surface area (Å²) < 4.78 is 0. The molecule has 100 valence electrons. The SMILES string of the molecule is CCC1(CNC(=O)C2CCCNC2)CCC1.Cl. The lowest BCUT2D eigenvalue weighted by Gasteiger charge is -2.41. The topological polar surface area (TPSA) is 41.1 Å². The first-order valence-electron chi connectivity index (χ1n) is 6.74. The van der Waals surface area contributed by atoms with Crippen molar-refractivity contribution in [1.82, 2.24) is 10.6 Å². The van der Waals surface area contributed by atoms with E-state index in [4.69, 9.17) is 0 Å². The van der Waals surface area contributed by atoms with Gasteiger partial charge in [-0.3, -0.25) is 4.79 Å². The first-order chi connectivity index (χ1) is 7.76. The number of piperidine rings is 1. The van der Waals surface area contributed by atoms with E-state index in [9.17, 15) is 4.79 Å². The molecule has 0 aromatic heterocycles. The zero-order chi connectivity index (χ0) is 11.4. The number of nitrogens with one attached hydrogen (secondary N) is 2. The van der Waals surface area contributed by atoms with E-state index in [0.29, 0.717) is 5.41 Å². The Morgan fingerprint density at radius 3 is 2.65 bits per heavy atom. The smallest absolute Gasteiger partial charge is 0.224 e. The molecule has 0 bridgehead atoms. The van der Waals surface area contributed by atoms with Crippen LogP contribution in [0.4, 0.5) is 0 Å². The minimum absolute atomic E-state index is 0. The summed E-state index contributed by atoms with van der Waals surface area (Å²) in [4.78, 5) is 11.9. The van der Waals surface area contributed by atoms with Gasteiger partial charge in [-0.15, -0.1) is 12.4 Å². The van der Waals surface area contributed by atoms with Crippen LogP contribution in [0, 0.1) is 11.3 Å². The monoisotopic (exact) mass is 260 g/mol. The fourth-order valence-electron chi connectivity index (χ4n) is 2.83. The van der Waals surface area contributed by atoms with E-state index in [0.717, 1.165) is 32.5 Å². The van der Waals surface area contributed by atoms with Crippen molar-refractivity contribution in [2.45, 2.75) is 45.4 Å². The normalized spacial score (nSPS) is 26.5. The van der Waals surface area contributed by atoms with E-state index in [1.165, 1.54) is 25.7 Å². The number of hydrogen-bond acceptors (Lipinski definition) is 2. The average molecular weight is 261 g/mol. The van der Waals surface area contributed by atoms with Crippen molar-refractivity contribution in [3.8, 4) is 0 Å². The molecule has 2 N–H and O–H groups in total. The molecular weight excluding hydrogens is 236 g/mol. The molecule has 1 aliphatic heterocycles. The molecule has 3 nitrogen and oxygen atoms in total. The number of carbonyl (C=O) groups is 1. The van der Waals surface area contributed by atoms with Crippen LogP contribution in [-0.4, -0.2) is 25.5 Å². The van der Waals surface area contributed by atoms with Crippen molar-refractivity contribution in [2.75, 3.05) is 19.6 Å². The van der Waals surface area contributed by atoms with Crippen LogP contribution < -0.4 is 10.6 Å². The number of rotatable bonds is 4. The molecule has 1 amide bonds. The van der Waals surface area contributed by atoms with Crippen LogP contribution in [0.2, 0.25) is 0 Å². The molecular formula is C13H25ClN2O. The predicted octanol–water partition coefficient (Wildman–Crippen LogP) is 2.10. The van der Waals surface area contributed by atoms with Crippen LogP contribution in [-0.2, 0) is 4.79 Å². The highest BCUT2D eigenvalue weighted by Gasteiger charge is 2.35. The van der Waals surface area contributed by atoms with E-state index in [-0.39, 0.29) is 24.2 Å². The summed E-state index contributed by atoms with van der Waals surface area (Å²) in [5.74, 6) is 0.481. The van der Waals surface area contributed by atoms with Crippen molar-refractivity contribution < 1.29 is 4.79 Å². The summed E-state index contributed by atoms with van der Waals surface area (Å²) in [6.07, 6.45) is 7.33. The third-order valence-corrected chi connectivity index (χ3v) is 4.47. The van der Waals surface area contributed by atoms with Crippen molar-refractivity contribution in [3.63, 3.8) is 0 Å². The predicted molar refractivity (Wildman–Crippen MR) is 72.4 cm³/mol. The lowest BCUT2D eigenvalue weighted by atomic mass is 9.67. The third-order valence-electron chi connectivity index (χ3n) is 4.47. The highest BCUT2D eigenvalue weighted by atomic mass is 35.5. The second kappa shape index (κ2) is 6.60. The largest absolute Gasteiger partial charge is 0.355 e. The Kier molecular flexibility index (Phi) is 5.74. The van der Waals surface area contributed by atoms with E-state index in [2.05, 4.69) is 17.6 Å². The van der Waals surface area contributed by atoms with Gasteiger partial charge in [0.15, 0.2) is 0 Å². The lowest BCUT2D eigenvalue weighted by molar-refractivity contribution is -0.126. The molecule has 1 atom stereocenters. The third kappa shape index (κ3) is 3.59. The summed E-state index contributed by atoms with van der Waals surface area (Å²) in [6, 6.07) is 0.